The fourth-order valence-corrected chi connectivity index (χ4v) is 4.27. The van der Waals surface area contributed by atoms with Crippen LogP contribution in [0.25, 0.3) is 43.1 Å². The molecule has 0 radical (unpaired) electrons. The van der Waals surface area contributed by atoms with Gasteiger partial charge in [-0.1, -0.05) is 125 Å². The molecule has 0 aliphatic heterocycles. The molecule has 1 heteroatoms. The van der Waals surface area contributed by atoms with E-state index in [1.54, 1.807) is 0 Å². The van der Waals surface area contributed by atoms with E-state index < -0.39 is 0 Å². The third kappa shape index (κ3) is 4.15. The maximum atomic E-state index is 6.83. The Hall–Kier alpha value is -3.84. The summed E-state index contributed by atoms with van der Waals surface area (Å²) in [6.45, 7) is 8.00. The van der Waals surface area contributed by atoms with Crippen LogP contribution < -0.4 is 4.74 Å². The van der Waals surface area contributed by atoms with Crippen LogP contribution in [-0.2, 0) is 0 Å². The van der Waals surface area contributed by atoms with Crippen molar-refractivity contribution in [2.45, 2.75) is 27.7 Å². The van der Waals surface area contributed by atoms with Gasteiger partial charge in [0.15, 0.2) is 0 Å². The smallest absolute Gasteiger partial charge is 0.143 e. The third-order valence-electron chi connectivity index (χ3n) is 5.65. The highest BCUT2D eigenvalue weighted by atomic mass is 16.5. The van der Waals surface area contributed by atoms with Crippen LogP contribution in [-0.4, -0.2) is 0 Å². The fourth-order valence-electron chi connectivity index (χ4n) is 4.27. The molecule has 1 nitrogen and oxygen atoms in total. The van der Waals surface area contributed by atoms with Gasteiger partial charge in [-0.15, -0.1) is 0 Å². The van der Waals surface area contributed by atoms with Crippen molar-refractivity contribution in [1.29, 1.82) is 0 Å². The molecule has 6 aromatic carbocycles. The largest absolute Gasteiger partial charge is 0.455 e. The summed E-state index contributed by atoms with van der Waals surface area (Å²) in [4.78, 5) is 0. The van der Waals surface area contributed by atoms with E-state index in [4.69, 9.17) is 4.74 Å². The minimum Gasteiger partial charge on any atom is -0.455 e. The SMILES string of the molecule is CC.CC.c1ccc2c(Oc3c4ccccc4cc4ccccc34)c3ccccc3cc2c1. The number of rotatable bonds is 2. The molecule has 0 fully saturated rings. The molecule has 0 spiro atoms. The first kappa shape index (κ1) is 22.4. The van der Waals surface area contributed by atoms with Gasteiger partial charge in [0.2, 0.25) is 0 Å². The van der Waals surface area contributed by atoms with Crippen molar-refractivity contribution in [3.05, 3.63) is 109 Å². The Morgan fingerprint density at radius 1 is 0.364 bits per heavy atom. The highest BCUT2D eigenvalue weighted by molar-refractivity contribution is 6.08. The van der Waals surface area contributed by atoms with Gasteiger partial charge in [0.05, 0.1) is 0 Å². The summed E-state index contributed by atoms with van der Waals surface area (Å²) in [6, 6.07) is 38.2. The van der Waals surface area contributed by atoms with Crippen LogP contribution in [0.2, 0.25) is 0 Å². The minimum atomic E-state index is 0.917. The lowest BCUT2D eigenvalue weighted by Crippen LogP contribution is -1.91. The number of fused-ring (bicyclic) bond motifs is 4. The van der Waals surface area contributed by atoms with Gasteiger partial charge in [-0.3, -0.25) is 0 Å². The molecule has 6 rings (SSSR count). The van der Waals surface area contributed by atoms with Crippen LogP contribution in [0.3, 0.4) is 0 Å². The van der Waals surface area contributed by atoms with Crippen molar-refractivity contribution in [3.8, 4) is 11.5 Å². The molecule has 0 aliphatic rings. The van der Waals surface area contributed by atoms with Crippen LogP contribution in [0.4, 0.5) is 0 Å². The lowest BCUT2D eigenvalue weighted by atomic mass is 10.0. The Balaban J connectivity index is 0.000000617. The van der Waals surface area contributed by atoms with Gasteiger partial charge in [0.25, 0.3) is 0 Å². The van der Waals surface area contributed by atoms with E-state index in [9.17, 15) is 0 Å². The summed E-state index contributed by atoms with van der Waals surface area (Å²) in [5.74, 6) is 1.83. The summed E-state index contributed by atoms with van der Waals surface area (Å²) in [5.41, 5.74) is 0. The van der Waals surface area contributed by atoms with Gasteiger partial charge in [-0.25, -0.2) is 0 Å². The van der Waals surface area contributed by atoms with Crippen molar-refractivity contribution >= 4 is 43.1 Å². The predicted octanol–water partition coefficient (Wildman–Crippen LogP) is 10.1. The van der Waals surface area contributed by atoms with E-state index in [2.05, 4.69) is 109 Å². The quantitative estimate of drug-likeness (QED) is 0.248. The molecule has 0 unspecified atom stereocenters. The first-order valence-electron chi connectivity index (χ1n) is 11.9. The van der Waals surface area contributed by atoms with E-state index in [1.807, 2.05) is 27.7 Å². The molecule has 0 aromatic heterocycles. The Bertz CT molecular complexity index is 1300. The molecule has 0 aliphatic carbocycles. The summed E-state index contributed by atoms with van der Waals surface area (Å²) >= 11 is 0. The first-order chi connectivity index (χ1) is 16.4. The second kappa shape index (κ2) is 10.2. The molecule has 0 amide bonds. The first-order valence-corrected chi connectivity index (χ1v) is 11.9. The van der Waals surface area contributed by atoms with Crippen molar-refractivity contribution in [2.24, 2.45) is 0 Å². The molecule has 0 saturated heterocycles. The Kier molecular flexibility index (Phi) is 6.90. The van der Waals surface area contributed by atoms with Gasteiger partial charge < -0.3 is 4.74 Å². The molecule has 0 heterocycles. The van der Waals surface area contributed by atoms with Crippen LogP contribution in [0.5, 0.6) is 11.5 Å². The second-order valence-electron chi connectivity index (χ2n) is 7.40. The number of hydrogen-bond donors (Lipinski definition) is 0. The van der Waals surface area contributed by atoms with Crippen molar-refractivity contribution < 1.29 is 4.74 Å². The lowest BCUT2D eigenvalue weighted by Gasteiger charge is -2.16. The molecule has 0 bridgehead atoms. The average molecular weight is 431 g/mol. The standard InChI is InChI=1S/C28H18O.2C2H6/c1-5-13-23-19(9-1)17-20-10-2-6-14-24(20)27(23)29-28-25-15-7-3-11-21(25)18-22-12-4-8-16-26(22)28;2*1-2/h1-18H;2*1-2H3. The Labute approximate surface area is 196 Å². The van der Waals surface area contributed by atoms with Crippen LogP contribution in [0, 0.1) is 0 Å². The normalized spacial score (nSPS) is 10.4. The highest BCUT2D eigenvalue weighted by Gasteiger charge is 2.14. The molecule has 0 saturated carbocycles. The zero-order chi connectivity index (χ0) is 23.2. The van der Waals surface area contributed by atoms with Gasteiger partial charge in [0, 0.05) is 21.5 Å². The zero-order valence-electron chi connectivity index (χ0n) is 19.8. The van der Waals surface area contributed by atoms with Crippen LogP contribution in [0.15, 0.2) is 109 Å². The maximum absolute atomic E-state index is 6.83. The molecular weight excluding hydrogens is 400 g/mol. The predicted molar refractivity (Wildman–Crippen MR) is 146 cm³/mol. The van der Waals surface area contributed by atoms with Gasteiger partial charge >= 0.3 is 0 Å². The lowest BCUT2D eigenvalue weighted by molar-refractivity contribution is 0.505. The van der Waals surface area contributed by atoms with Crippen molar-refractivity contribution in [2.75, 3.05) is 0 Å². The number of hydrogen-bond acceptors (Lipinski definition) is 1. The fraction of sp³-hybridized carbons (Fsp3) is 0.125. The Morgan fingerprint density at radius 2 is 0.606 bits per heavy atom. The van der Waals surface area contributed by atoms with Crippen molar-refractivity contribution in [3.63, 3.8) is 0 Å². The summed E-state index contributed by atoms with van der Waals surface area (Å²) in [7, 11) is 0. The van der Waals surface area contributed by atoms with E-state index >= 15 is 0 Å². The molecule has 164 valence electrons. The summed E-state index contributed by atoms with van der Waals surface area (Å²) < 4.78 is 6.83. The van der Waals surface area contributed by atoms with E-state index in [1.165, 1.54) is 21.5 Å². The topological polar surface area (TPSA) is 9.23 Å². The molecule has 0 atom stereocenters. The van der Waals surface area contributed by atoms with E-state index in [0.717, 1.165) is 33.0 Å². The summed E-state index contributed by atoms with van der Waals surface area (Å²) in [6.07, 6.45) is 0. The van der Waals surface area contributed by atoms with Crippen molar-refractivity contribution in [1.82, 2.24) is 0 Å². The molecule has 33 heavy (non-hydrogen) atoms. The number of benzene rings is 6. The zero-order valence-corrected chi connectivity index (χ0v) is 19.8. The van der Waals surface area contributed by atoms with E-state index in [-0.39, 0.29) is 0 Å². The summed E-state index contributed by atoms with van der Waals surface area (Å²) in [5, 5.41) is 9.26. The van der Waals surface area contributed by atoms with Gasteiger partial charge in [-0.05, 0) is 33.7 Å². The average Bonchev–Trinajstić information content (AvgIpc) is 2.90. The number of ether oxygens (including phenoxy) is 1. The Morgan fingerprint density at radius 3 is 0.879 bits per heavy atom. The monoisotopic (exact) mass is 430 g/mol. The molecule has 0 N–H and O–H groups in total. The molecular formula is C32H30O. The van der Waals surface area contributed by atoms with E-state index in [0.29, 0.717) is 0 Å². The maximum Gasteiger partial charge on any atom is 0.143 e. The van der Waals surface area contributed by atoms with Gasteiger partial charge in [0.1, 0.15) is 11.5 Å². The second-order valence-corrected chi connectivity index (χ2v) is 7.40. The van der Waals surface area contributed by atoms with Crippen LogP contribution >= 0.6 is 0 Å². The van der Waals surface area contributed by atoms with Crippen LogP contribution in [0.1, 0.15) is 27.7 Å². The third-order valence-corrected chi connectivity index (χ3v) is 5.65. The molecule has 6 aromatic rings. The highest BCUT2D eigenvalue weighted by Crippen LogP contribution is 2.42. The van der Waals surface area contributed by atoms with Gasteiger partial charge in [-0.2, -0.15) is 0 Å². The minimum absolute atomic E-state index is 0.917.